The Morgan fingerprint density at radius 3 is 1.16 bits per heavy atom. The Morgan fingerprint density at radius 2 is 0.733 bits per heavy atom. The minimum atomic E-state index is 0. The van der Waals surface area contributed by atoms with Gasteiger partial charge in [0, 0.05) is 51.8 Å². The zero-order valence-corrected chi connectivity index (χ0v) is 25.2. The first kappa shape index (κ1) is 30.8. The number of aliphatic imine (C=N–C) groups is 2. The molecular weight excluding hydrogens is 603 g/mol. The molecule has 0 saturated carbocycles. The van der Waals surface area contributed by atoms with E-state index in [4.69, 9.17) is 9.47 Å². The molecule has 0 saturated heterocycles. The second kappa shape index (κ2) is 14.7. The zero-order valence-electron chi connectivity index (χ0n) is 24.0. The number of para-hydroxylation sites is 8. The molecule has 0 spiro atoms. The minimum Gasteiger partial charge on any atom is -0.507 e. The molecule has 0 bridgehead atoms. The Hall–Kier alpha value is -5.62. The van der Waals surface area contributed by atoms with Crippen molar-refractivity contribution in [2.45, 2.75) is 0 Å². The molecule has 0 aliphatic heterocycles. The van der Waals surface area contributed by atoms with Crippen LogP contribution in [0, 0.1) is 0 Å². The van der Waals surface area contributed by atoms with Gasteiger partial charge in [-0.15, -0.1) is 0 Å². The summed E-state index contributed by atoms with van der Waals surface area (Å²) in [5, 5.41) is 20.3. The Balaban J connectivity index is 0.00000400. The number of phenols is 2. The van der Waals surface area contributed by atoms with E-state index in [9.17, 15) is 10.2 Å². The third-order valence-electron chi connectivity index (χ3n) is 6.79. The molecule has 6 aromatic rings. The minimum absolute atomic E-state index is 0. The van der Waals surface area contributed by atoms with Crippen LogP contribution in [0.3, 0.4) is 0 Å². The molecule has 0 fully saturated rings. The molecular formula is C38H28MnN2O4. The van der Waals surface area contributed by atoms with Crippen molar-refractivity contribution < 1.29 is 36.8 Å². The van der Waals surface area contributed by atoms with Crippen molar-refractivity contribution >= 4 is 23.8 Å². The number of nitrogens with zero attached hydrogens (tertiary/aromatic N) is 2. The summed E-state index contributed by atoms with van der Waals surface area (Å²) in [5.74, 6) is 2.69. The van der Waals surface area contributed by atoms with E-state index in [0.717, 1.165) is 11.1 Å². The average Bonchev–Trinajstić information content (AvgIpc) is 3.06. The molecule has 221 valence electrons. The molecule has 6 rings (SSSR count). The van der Waals surface area contributed by atoms with E-state index >= 15 is 0 Å². The van der Waals surface area contributed by atoms with Crippen LogP contribution in [-0.2, 0) is 17.1 Å². The van der Waals surface area contributed by atoms with E-state index in [1.807, 2.05) is 109 Å². The smallest absolute Gasteiger partial charge is 0.153 e. The van der Waals surface area contributed by atoms with Crippen molar-refractivity contribution in [2.75, 3.05) is 0 Å². The monoisotopic (exact) mass is 631 g/mol. The quantitative estimate of drug-likeness (QED) is 0.123. The van der Waals surface area contributed by atoms with Gasteiger partial charge in [0.2, 0.25) is 0 Å². The van der Waals surface area contributed by atoms with Crippen LogP contribution in [0.1, 0.15) is 11.1 Å². The first-order chi connectivity index (χ1) is 21.7. The van der Waals surface area contributed by atoms with Gasteiger partial charge in [-0.3, -0.25) is 9.98 Å². The predicted octanol–water partition coefficient (Wildman–Crippen LogP) is 9.85. The number of hydrogen-bond acceptors (Lipinski definition) is 6. The third kappa shape index (κ3) is 7.48. The summed E-state index contributed by atoms with van der Waals surface area (Å²) in [4.78, 5) is 9.20. The van der Waals surface area contributed by atoms with Crippen LogP contribution >= 0.6 is 0 Å². The van der Waals surface area contributed by atoms with Gasteiger partial charge in [0.1, 0.15) is 34.4 Å². The van der Waals surface area contributed by atoms with Gasteiger partial charge in [-0.2, -0.15) is 0 Å². The summed E-state index contributed by atoms with van der Waals surface area (Å²) in [6, 6.07) is 44.5. The summed E-state index contributed by atoms with van der Waals surface area (Å²) in [6.07, 6.45) is 3.23. The Kier molecular flexibility index (Phi) is 10.1. The van der Waals surface area contributed by atoms with Crippen molar-refractivity contribution in [3.05, 3.63) is 157 Å². The summed E-state index contributed by atoms with van der Waals surface area (Å²) in [7, 11) is 0. The van der Waals surface area contributed by atoms with Crippen molar-refractivity contribution in [1.82, 2.24) is 0 Å². The van der Waals surface area contributed by atoms with Crippen molar-refractivity contribution in [1.29, 1.82) is 0 Å². The van der Waals surface area contributed by atoms with Crippen molar-refractivity contribution in [2.24, 2.45) is 9.98 Å². The maximum atomic E-state index is 10.1. The van der Waals surface area contributed by atoms with E-state index in [-0.39, 0.29) is 28.6 Å². The van der Waals surface area contributed by atoms with Gasteiger partial charge in [-0.05, 0) is 60.7 Å². The van der Waals surface area contributed by atoms with Crippen molar-refractivity contribution in [3.63, 3.8) is 0 Å². The van der Waals surface area contributed by atoms with Gasteiger partial charge in [-0.1, -0.05) is 84.9 Å². The summed E-state index contributed by atoms with van der Waals surface area (Å²) in [5.41, 5.74) is 4.12. The number of ether oxygens (including phenoxy) is 2. The topological polar surface area (TPSA) is 83.6 Å². The Labute approximate surface area is 272 Å². The third-order valence-corrected chi connectivity index (χ3v) is 6.79. The summed E-state index contributed by atoms with van der Waals surface area (Å²) >= 11 is 0. The number of rotatable bonds is 9. The molecule has 0 amide bonds. The molecule has 2 N–H and O–H groups in total. The molecule has 6 nitrogen and oxygen atoms in total. The molecule has 0 aliphatic rings. The number of aromatic hydroxyl groups is 2. The predicted molar refractivity (Wildman–Crippen MR) is 176 cm³/mol. The fraction of sp³-hybridized carbons (Fsp3) is 0. The zero-order chi connectivity index (χ0) is 30.1. The Morgan fingerprint density at radius 1 is 0.400 bits per heavy atom. The average molecular weight is 632 g/mol. The fourth-order valence-electron chi connectivity index (χ4n) is 4.57. The molecule has 0 atom stereocenters. The molecule has 7 heteroatoms. The van der Waals surface area contributed by atoms with Crippen LogP contribution in [0.25, 0.3) is 11.1 Å². The standard InChI is InChI=1S/C38H28N2O4.Mn/c41-33-19-7-1-13-27(33)25-39-31-17-5-11-23-37(31)43-35-21-9-3-15-29(35)30-16-4-10-22-36(30)44-38-24-12-6-18-32(38)40-26-28-14-2-8-20-34(28)42;/h1-26,41-42H;. The van der Waals surface area contributed by atoms with Gasteiger partial charge < -0.3 is 19.7 Å². The van der Waals surface area contributed by atoms with Crippen LogP contribution in [0.4, 0.5) is 11.4 Å². The van der Waals surface area contributed by atoms with Crippen LogP contribution in [-0.4, -0.2) is 22.6 Å². The molecule has 0 heterocycles. The number of phenolic OH excluding ortho intramolecular Hbond substituents is 2. The first-order valence-electron chi connectivity index (χ1n) is 14.0. The number of benzene rings is 6. The molecule has 45 heavy (non-hydrogen) atoms. The van der Waals surface area contributed by atoms with E-state index in [1.165, 1.54) is 0 Å². The summed E-state index contributed by atoms with van der Waals surface area (Å²) < 4.78 is 12.9. The molecule has 1 radical (unpaired) electrons. The van der Waals surface area contributed by atoms with E-state index in [0.29, 0.717) is 45.5 Å². The van der Waals surface area contributed by atoms with Gasteiger partial charge in [0.05, 0.1) is 0 Å². The molecule has 0 aliphatic carbocycles. The van der Waals surface area contributed by atoms with Gasteiger partial charge in [0.15, 0.2) is 11.5 Å². The van der Waals surface area contributed by atoms with Gasteiger partial charge in [-0.25, -0.2) is 0 Å². The van der Waals surface area contributed by atoms with Crippen LogP contribution in [0.15, 0.2) is 156 Å². The van der Waals surface area contributed by atoms with Gasteiger partial charge in [0.25, 0.3) is 0 Å². The van der Waals surface area contributed by atoms with E-state index in [1.54, 1.807) is 48.8 Å². The maximum Gasteiger partial charge on any atom is 0.153 e. The molecule has 0 unspecified atom stereocenters. The first-order valence-corrected chi connectivity index (χ1v) is 14.0. The largest absolute Gasteiger partial charge is 0.507 e. The van der Waals surface area contributed by atoms with Crippen LogP contribution < -0.4 is 9.47 Å². The second-order valence-corrected chi connectivity index (χ2v) is 9.77. The second-order valence-electron chi connectivity index (χ2n) is 9.77. The van der Waals surface area contributed by atoms with Crippen LogP contribution in [0.5, 0.6) is 34.5 Å². The number of hydrogen-bond donors (Lipinski definition) is 2. The normalized spacial score (nSPS) is 10.9. The summed E-state index contributed by atoms with van der Waals surface area (Å²) in [6.45, 7) is 0. The van der Waals surface area contributed by atoms with Crippen molar-refractivity contribution in [3.8, 4) is 45.6 Å². The SMILES string of the molecule is Oc1ccccc1C=Nc1ccccc1Oc1ccccc1-c1ccccc1Oc1ccccc1N=Cc1ccccc1O.[Mn]. The van der Waals surface area contributed by atoms with E-state index in [2.05, 4.69) is 9.98 Å². The van der Waals surface area contributed by atoms with Gasteiger partial charge >= 0.3 is 0 Å². The fourth-order valence-corrected chi connectivity index (χ4v) is 4.57. The molecule has 6 aromatic carbocycles. The molecule has 0 aromatic heterocycles. The van der Waals surface area contributed by atoms with Crippen LogP contribution in [0.2, 0.25) is 0 Å². The van der Waals surface area contributed by atoms with E-state index < -0.39 is 0 Å². The maximum absolute atomic E-state index is 10.1. The Bertz CT molecular complexity index is 1830.